The number of carbonyl (C=O) groups is 3. The molecule has 0 aromatic heterocycles. The van der Waals surface area contributed by atoms with Crippen LogP contribution in [-0.2, 0) is 16.0 Å². The van der Waals surface area contributed by atoms with E-state index in [1.54, 1.807) is 11.1 Å². The summed E-state index contributed by atoms with van der Waals surface area (Å²) >= 11 is 0. The number of rotatable bonds is 7. The first-order valence-corrected chi connectivity index (χ1v) is 11.0. The van der Waals surface area contributed by atoms with E-state index in [4.69, 9.17) is 0 Å². The third-order valence-corrected chi connectivity index (χ3v) is 6.28. The van der Waals surface area contributed by atoms with Crippen molar-refractivity contribution in [3.8, 4) is 0 Å². The number of fused-ring (bicyclic) bond motifs is 1. The summed E-state index contributed by atoms with van der Waals surface area (Å²) in [5.74, 6) is -1.22. The molecule has 2 amide bonds. The van der Waals surface area contributed by atoms with E-state index in [0.29, 0.717) is 24.9 Å². The van der Waals surface area contributed by atoms with Crippen LogP contribution in [0.4, 0.5) is 5.69 Å². The molecule has 1 unspecified atom stereocenters. The summed E-state index contributed by atoms with van der Waals surface area (Å²) < 4.78 is 0. The molecule has 4 N–H and O–H groups in total. The molecular formula is C24H28N4O4. The Morgan fingerprint density at radius 3 is 2.44 bits per heavy atom. The zero-order chi connectivity index (χ0) is 22.5. The molecule has 1 saturated carbocycles. The van der Waals surface area contributed by atoms with E-state index in [9.17, 15) is 19.5 Å². The van der Waals surface area contributed by atoms with Crippen LogP contribution in [0.15, 0.2) is 54.6 Å². The fourth-order valence-corrected chi connectivity index (χ4v) is 4.44. The fourth-order valence-electron chi connectivity index (χ4n) is 4.44. The predicted molar refractivity (Wildman–Crippen MR) is 119 cm³/mol. The van der Waals surface area contributed by atoms with Gasteiger partial charge < -0.3 is 15.8 Å². The van der Waals surface area contributed by atoms with Gasteiger partial charge in [0.15, 0.2) is 0 Å². The lowest BCUT2D eigenvalue weighted by Crippen LogP contribution is -2.52. The summed E-state index contributed by atoms with van der Waals surface area (Å²) in [6.07, 6.45) is 3.23. The Morgan fingerprint density at radius 2 is 1.72 bits per heavy atom. The van der Waals surface area contributed by atoms with Crippen molar-refractivity contribution >= 4 is 23.5 Å². The van der Waals surface area contributed by atoms with Crippen molar-refractivity contribution < 1.29 is 19.5 Å². The third-order valence-electron chi connectivity index (χ3n) is 6.28. The summed E-state index contributed by atoms with van der Waals surface area (Å²) in [7, 11) is 0. The predicted octanol–water partition coefficient (Wildman–Crippen LogP) is 2.59. The van der Waals surface area contributed by atoms with E-state index < -0.39 is 12.0 Å². The number of benzene rings is 2. The van der Waals surface area contributed by atoms with E-state index in [2.05, 4.69) is 16.3 Å². The summed E-state index contributed by atoms with van der Waals surface area (Å²) in [6, 6.07) is 15.7. The second-order valence-corrected chi connectivity index (χ2v) is 8.50. The topological polar surface area (TPSA) is 111 Å². The van der Waals surface area contributed by atoms with E-state index >= 15 is 0 Å². The van der Waals surface area contributed by atoms with Crippen LogP contribution in [-0.4, -0.2) is 40.5 Å². The normalized spacial score (nSPS) is 21.2. The van der Waals surface area contributed by atoms with Gasteiger partial charge in [0.05, 0.1) is 11.3 Å². The monoisotopic (exact) mass is 436 g/mol. The van der Waals surface area contributed by atoms with Gasteiger partial charge in [0, 0.05) is 18.9 Å². The molecule has 1 aliphatic carbocycles. The molecule has 4 rings (SSSR count). The van der Waals surface area contributed by atoms with Crippen LogP contribution in [0.1, 0.15) is 41.6 Å². The molecule has 1 heterocycles. The van der Waals surface area contributed by atoms with Crippen molar-refractivity contribution in [2.24, 2.45) is 11.8 Å². The maximum Gasteiger partial charge on any atom is 0.326 e. The summed E-state index contributed by atoms with van der Waals surface area (Å²) in [4.78, 5) is 37.1. The van der Waals surface area contributed by atoms with Gasteiger partial charge in [-0.15, -0.1) is 5.53 Å². The molecule has 168 valence electrons. The average molecular weight is 437 g/mol. The summed E-state index contributed by atoms with van der Waals surface area (Å²) in [6.45, 7) is 0.556. The molecule has 2 aromatic carbocycles. The number of aliphatic carboxylic acids is 1. The number of amides is 2. The first kappa shape index (κ1) is 21.8. The number of para-hydroxylation sites is 1. The molecule has 2 aliphatic rings. The minimum atomic E-state index is -1.03. The van der Waals surface area contributed by atoms with Gasteiger partial charge in [-0.1, -0.05) is 42.5 Å². The second kappa shape index (κ2) is 9.82. The SMILES string of the molecule is O=C(NC(Cc1ccccc1)C(=O)O)C1CCC(CN2NNc3ccccc3C2=O)CC1. The molecule has 2 aromatic rings. The molecule has 8 nitrogen and oxygen atoms in total. The molecule has 0 spiro atoms. The largest absolute Gasteiger partial charge is 0.480 e. The third kappa shape index (κ3) is 5.08. The number of nitrogens with one attached hydrogen (secondary N) is 3. The standard InChI is InChI=1S/C24H28N4O4/c29-22(25-21(24(31)32)14-16-6-2-1-3-7-16)18-12-10-17(11-13-18)15-28-23(30)19-8-4-5-9-20(19)26-27-28/h1-9,17-18,21,26-27H,10-15H2,(H,25,29)(H,31,32). The number of carboxylic acid groups (broad SMARTS) is 1. The van der Waals surface area contributed by atoms with Gasteiger partial charge in [0.2, 0.25) is 5.91 Å². The number of carboxylic acids is 1. The smallest absolute Gasteiger partial charge is 0.326 e. The first-order valence-electron chi connectivity index (χ1n) is 11.0. The molecule has 32 heavy (non-hydrogen) atoms. The molecule has 1 aliphatic heterocycles. The Labute approximate surface area is 186 Å². The Hall–Kier alpha value is -3.39. The number of nitrogens with zero attached hydrogens (tertiary/aromatic N) is 1. The fraction of sp³-hybridized carbons (Fsp3) is 0.375. The van der Waals surface area contributed by atoms with Crippen LogP contribution in [0, 0.1) is 11.8 Å². The number of anilines is 1. The van der Waals surface area contributed by atoms with Crippen LogP contribution in [0.3, 0.4) is 0 Å². The minimum Gasteiger partial charge on any atom is -0.480 e. The zero-order valence-electron chi connectivity index (χ0n) is 17.8. The zero-order valence-corrected chi connectivity index (χ0v) is 17.8. The second-order valence-electron chi connectivity index (χ2n) is 8.50. The highest BCUT2D eigenvalue weighted by atomic mass is 16.4. The number of hydrazine groups is 2. The van der Waals surface area contributed by atoms with Crippen LogP contribution in [0.25, 0.3) is 0 Å². The minimum absolute atomic E-state index is 0.0653. The molecule has 0 radical (unpaired) electrons. The number of hydrogen-bond donors (Lipinski definition) is 4. The van der Waals surface area contributed by atoms with Crippen LogP contribution in [0.2, 0.25) is 0 Å². The van der Waals surface area contributed by atoms with Crippen molar-refractivity contribution in [3.63, 3.8) is 0 Å². The quantitative estimate of drug-likeness (QED) is 0.531. The van der Waals surface area contributed by atoms with Gasteiger partial charge in [-0.3, -0.25) is 14.6 Å². The molecule has 1 atom stereocenters. The lowest BCUT2D eigenvalue weighted by atomic mass is 9.81. The van der Waals surface area contributed by atoms with E-state index in [0.717, 1.165) is 24.1 Å². The Morgan fingerprint density at radius 1 is 1.03 bits per heavy atom. The Balaban J connectivity index is 1.27. The molecule has 8 heteroatoms. The lowest BCUT2D eigenvalue weighted by Gasteiger charge is -2.35. The van der Waals surface area contributed by atoms with Gasteiger partial charge in [0.25, 0.3) is 5.91 Å². The maximum atomic E-state index is 12.7. The highest BCUT2D eigenvalue weighted by molar-refractivity contribution is 6.00. The summed E-state index contributed by atoms with van der Waals surface area (Å²) in [5.41, 5.74) is 8.28. The van der Waals surface area contributed by atoms with E-state index in [-0.39, 0.29) is 30.1 Å². The van der Waals surface area contributed by atoms with Crippen molar-refractivity contribution in [1.29, 1.82) is 0 Å². The molecule has 0 saturated heterocycles. The van der Waals surface area contributed by atoms with Gasteiger partial charge in [-0.25, -0.2) is 4.79 Å². The number of hydrogen-bond acceptors (Lipinski definition) is 5. The molecule has 1 fully saturated rings. The molecule has 0 bridgehead atoms. The highest BCUT2D eigenvalue weighted by Crippen LogP contribution is 2.30. The molecular weight excluding hydrogens is 408 g/mol. The van der Waals surface area contributed by atoms with Crippen molar-refractivity contribution in [3.05, 3.63) is 65.7 Å². The Bertz CT molecular complexity index is 973. The van der Waals surface area contributed by atoms with Gasteiger partial charge in [-0.2, -0.15) is 0 Å². The van der Waals surface area contributed by atoms with E-state index in [1.807, 2.05) is 48.5 Å². The van der Waals surface area contributed by atoms with Gasteiger partial charge in [-0.05, 0) is 49.3 Å². The first-order chi connectivity index (χ1) is 15.5. The van der Waals surface area contributed by atoms with Crippen LogP contribution in [0.5, 0.6) is 0 Å². The van der Waals surface area contributed by atoms with Gasteiger partial charge >= 0.3 is 5.97 Å². The summed E-state index contributed by atoms with van der Waals surface area (Å²) in [5, 5.41) is 13.9. The Kier molecular flexibility index (Phi) is 6.70. The number of carbonyl (C=O) groups excluding carboxylic acids is 2. The van der Waals surface area contributed by atoms with Crippen molar-refractivity contribution in [1.82, 2.24) is 15.9 Å². The van der Waals surface area contributed by atoms with Crippen molar-refractivity contribution in [2.75, 3.05) is 12.0 Å². The van der Waals surface area contributed by atoms with Crippen LogP contribution >= 0.6 is 0 Å². The maximum absolute atomic E-state index is 12.7. The van der Waals surface area contributed by atoms with E-state index in [1.165, 1.54) is 0 Å². The van der Waals surface area contributed by atoms with Crippen LogP contribution < -0.4 is 16.3 Å². The average Bonchev–Trinajstić information content (AvgIpc) is 2.81. The highest BCUT2D eigenvalue weighted by Gasteiger charge is 2.32. The van der Waals surface area contributed by atoms with Gasteiger partial charge in [0.1, 0.15) is 6.04 Å². The lowest BCUT2D eigenvalue weighted by molar-refractivity contribution is -0.142. The van der Waals surface area contributed by atoms with Crippen molar-refractivity contribution in [2.45, 2.75) is 38.1 Å².